The Hall–Kier alpha value is -3.40. The van der Waals surface area contributed by atoms with Crippen LogP contribution < -0.4 is 5.73 Å². The summed E-state index contributed by atoms with van der Waals surface area (Å²) in [7, 11) is 0. The summed E-state index contributed by atoms with van der Waals surface area (Å²) in [5.41, 5.74) is 4.27. The van der Waals surface area contributed by atoms with Gasteiger partial charge in [-0.1, -0.05) is 0 Å². The predicted molar refractivity (Wildman–Crippen MR) is 118 cm³/mol. The Bertz CT molecular complexity index is 1150. The summed E-state index contributed by atoms with van der Waals surface area (Å²) in [6.45, 7) is 6.04. The van der Waals surface area contributed by atoms with E-state index in [9.17, 15) is 23.9 Å². The van der Waals surface area contributed by atoms with Crippen molar-refractivity contribution in [3.05, 3.63) is 52.7 Å². The van der Waals surface area contributed by atoms with E-state index >= 15 is 4.39 Å². The number of halogens is 2. The maximum atomic E-state index is 15.6. The number of benzene rings is 1. The van der Waals surface area contributed by atoms with Crippen molar-refractivity contribution in [3.8, 4) is 11.3 Å². The molecule has 0 aliphatic carbocycles. The van der Waals surface area contributed by atoms with Crippen LogP contribution in [0.4, 0.5) is 8.78 Å². The zero-order chi connectivity index (χ0) is 25.4. The molecule has 34 heavy (non-hydrogen) atoms. The van der Waals surface area contributed by atoms with Gasteiger partial charge in [0.25, 0.3) is 5.91 Å². The molecule has 0 unspecified atom stereocenters. The smallest absolute Gasteiger partial charge is 0.306 e. The highest BCUT2D eigenvalue weighted by Gasteiger charge is 2.43. The fraction of sp³-hybridized carbons (Fsp3) is 0.417. The van der Waals surface area contributed by atoms with Crippen LogP contribution in [0.15, 0.2) is 24.4 Å². The Morgan fingerprint density at radius 2 is 1.85 bits per heavy atom. The molecule has 0 saturated heterocycles. The Morgan fingerprint density at radius 1 is 1.21 bits per heavy atom. The minimum absolute atomic E-state index is 0.0102. The quantitative estimate of drug-likeness (QED) is 0.594. The number of hydrogen-bond donors (Lipinski definition) is 2. The highest BCUT2D eigenvalue weighted by Crippen LogP contribution is 2.41. The van der Waals surface area contributed by atoms with Crippen molar-refractivity contribution in [1.82, 2.24) is 9.88 Å². The lowest BCUT2D eigenvalue weighted by Crippen LogP contribution is -2.46. The van der Waals surface area contributed by atoms with E-state index in [1.807, 2.05) is 0 Å². The minimum Gasteiger partial charge on any atom is -0.460 e. The van der Waals surface area contributed by atoms with Crippen molar-refractivity contribution < 1.29 is 33.0 Å². The molecule has 1 aliphatic rings. The summed E-state index contributed by atoms with van der Waals surface area (Å²) < 4.78 is 35.5. The van der Waals surface area contributed by atoms with E-state index in [1.165, 1.54) is 31.3 Å². The van der Waals surface area contributed by atoms with Gasteiger partial charge in [0.2, 0.25) is 5.91 Å². The number of carbonyl (C=O) groups is 3. The molecule has 1 aliphatic heterocycles. The lowest BCUT2D eigenvalue weighted by atomic mass is 9.98. The first-order chi connectivity index (χ1) is 15.9. The monoisotopic (exact) mass is 475 g/mol. The molecule has 1 aromatic carbocycles. The number of fused-ring (bicyclic) bond motifs is 1. The molecule has 8 nitrogen and oxygen atoms in total. The Labute approximate surface area is 195 Å². The van der Waals surface area contributed by atoms with Gasteiger partial charge in [0.1, 0.15) is 23.2 Å². The molecule has 0 spiro atoms. The van der Waals surface area contributed by atoms with E-state index < -0.39 is 53.7 Å². The van der Waals surface area contributed by atoms with Crippen LogP contribution in [0.2, 0.25) is 0 Å². The number of carbonyl (C=O) groups excluding carboxylic acids is 3. The topological polar surface area (TPSA) is 123 Å². The van der Waals surface area contributed by atoms with Crippen LogP contribution in [0.25, 0.3) is 11.3 Å². The first-order valence-corrected chi connectivity index (χ1v) is 10.8. The maximum Gasteiger partial charge on any atom is 0.306 e. The average Bonchev–Trinajstić information content (AvgIpc) is 2.99. The summed E-state index contributed by atoms with van der Waals surface area (Å²) in [6, 6.07) is 1.75. The summed E-state index contributed by atoms with van der Waals surface area (Å²) in [5, 5.41) is 9.30. The van der Waals surface area contributed by atoms with E-state index in [0.717, 1.165) is 4.90 Å². The predicted octanol–water partition coefficient (Wildman–Crippen LogP) is 3.01. The fourth-order valence-corrected chi connectivity index (χ4v) is 4.10. The van der Waals surface area contributed by atoms with Gasteiger partial charge < -0.3 is 20.5 Å². The van der Waals surface area contributed by atoms with Crippen LogP contribution in [-0.2, 0) is 20.9 Å². The number of esters is 1. The van der Waals surface area contributed by atoms with Gasteiger partial charge in [-0.25, -0.2) is 8.78 Å². The molecular formula is C24H27F2N3O5. The molecule has 10 heteroatoms. The van der Waals surface area contributed by atoms with E-state index in [4.69, 9.17) is 10.5 Å². The van der Waals surface area contributed by atoms with E-state index in [1.54, 1.807) is 20.8 Å². The first-order valence-electron chi connectivity index (χ1n) is 10.8. The van der Waals surface area contributed by atoms with Gasteiger partial charge in [-0.2, -0.15) is 0 Å². The zero-order valence-corrected chi connectivity index (χ0v) is 19.4. The van der Waals surface area contributed by atoms with E-state index in [2.05, 4.69) is 4.98 Å². The second-order valence-electron chi connectivity index (χ2n) is 9.11. The number of hydrogen-bond acceptors (Lipinski definition) is 6. The number of amides is 2. The molecular weight excluding hydrogens is 448 g/mol. The first kappa shape index (κ1) is 25.2. The van der Waals surface area contributed by atoms with Gasteiger partial charge in [0, 0.05) is 34.9 Å². The number of aliphatic hydroxyl groups is 1. The molecule has 2 atom stereocenters. The van der Waals surface area contributed by atoms with Crippen LogP contribution in [0.5, 0.6) is 0 Å². The van der Waals surface area contributed by atoms with Gasteiger partial charge >= 0.3 is 5.97 Å². The van der Waals surface area contributed by atoms with Crippen LogP contribution in [0.1, 0.15) is 68.1 Å². The third-order valence-corrected chi connectivity index (χ3v) is 5.58. The molecule has 2 amide bonds. The van der Waals surface area contributed by atoms with Gasteiger partial charge in [-0.05, 0) is 52.3 Å². The van der Waals surface area contributed by atoms with Crippen molar-refractivity contribution in [2.75, 3.05) is 0 Å². The van der Waals surface area contributed by atoms with Crippen molar-refractivity contribution in [2.45, 2.75) is 64.8 Å². The molecule has 3 N–H and O–H groups in total. The van der Waals surface area contributed by atoms with Crippen molar-refractivity contribution in [2.24, 2.45) is 5.73 Å². The second kappa shape index (κ2) is 9.46. The largest absolute Gasteiger partial charge is 0.460 e. The highest BCUT2D eigenvalue weighted by molar-refractivity contribution is 6.02. The average molecular weight is 475 g/mol. The number of nitrogens with zero attached hydrogens (tertiary/aromatic N) is 2. The Balaban J connectivity index is 1.95. The normalized spacial score (nSPS) is 16.4. The number of primary amides is 1. The highest BCUT2D eigenvalue weighted by atomic mass is 19.1. The molecule has 182 valence electrons. The van der Waals surface area contributed by atoms with Crippen LogP contribution in [0, 0.1) is 11.6 Å². The Kier molecular flexibility index (Phi) is 7.02. The lowest BCUT2D eigenvalue weighted by Gasteiger charge is -2.30. The van der Waals surface area contributed by atoms with Crippen molar-refractivity contribution in [3.63, 3.8) is 0 Å². The number of pyridine rings is 1. The van der Waals surface area contributed by atoms with E-state index in [0.29, 0.717) is 0 Å². The van der Waals surface area contributed by atoms with Crippen LogP contribution >= 0.6 is 0 Å². The van der Waals surface area contributed by atoms with Gasteiger partial charge in [0.15, 0.2) is 5.82 Å². The SMILES string of the molecule is C[C@@H]1c2c(ccc(-c3nccc(CO)c3F)c2F)C(=O)N1[C@@H](CCC(=O)OC(C)(C)C)C(N)=O. The third-order valence-electron chi connectivity index (χ3n) is 5.58. The molecule has 1 aromatic heterocycles. The summed E-state index contributed by atoms with van der Waals surface area (Å²) in [5.74, 6) is -3.77. The Morgan fingerprint density at radius 3 is 2.44 bits per heavy atom. The van der Waals surface area contributed by atoms with Gasteiger partial charge in [0.05, 0.1) is 12.6 Å². The van der Waals surface area contributed by atoms with Crippen LogP contribution in [0.3, 0.4) is 0 Å². The van der Waals surface area contributed by atoms with Gasteiger partial charge in [-0.15, -0.1) is 0 Å². The summed E-state index contributed by atoms with van der Waals surface area (Å²) >= 11 is 0. The van der Waals surface area contributed by atoms with Gasteiger partial charge in [-0.3, -0.25) is 19.4 Å². The summed E-state index contributed by atoms with van der Waals surface area (Å²) in [6.07, 6.45) is 0.976. The summed E-state index contributed by atoms with van der Waals surface area (Å²) in [4.78, 5) is 42.5. The maximum absolute atomic E-state index is 15.6. The van der Waals surface area contributed by atoms with Crippen molar-refractivity contribution >= 4 is 17.8 Å². The number of aromatic nitrogens is 1. The molecule has 3 rings (SSSR count). The van der Waals surface area contributed by atoms with Crippen LogP contribution in [-0.4, -0.2) is 44.4 Å². The molecule has 2 heterocycles. The third kappa shape index (κ3) is 4.77. The van der Waals surface area contributed by atoms with E-state index in [-0.39, 0.29) is 40.8 Å². The minimum atomic E-state index is -1.18. The zero-order valence-electron chi connectivity index (χ0n) is 19.4. The fourth-order valence-electron chi connectivity index (χ4n) is 4.10. The number of nitrogens with two attached hydrogens (primary N) is 1. The van der Waals surface area contributed by atoms with Crippen molar-refractivity contribution in [1.29, 1.82) is 0 Å². The molecule has 0 fully saturated rings. The number of aliphatic hydroxyl groups excluding tert-OH is 1. The number of rotatable bonds is 7. The molecule has 2 aromatic rings. The number of ether oxygens (including phenoxy) is 1. The second-order valence-corrected chi connectivity index (χ2v) is 9.11. The standard InChI is InChI=1S/C24H27F2N3O5/c1-12-18-14(5-6-15(20(18)26)21-19(25)13(11-30)9-10-28-21)23(33)29(12)16(22(27)32)7-8-17(31)34-24(2,3)4/h5-6,9-10,12,16,30H,7-8,11H2,1-4H3,(H2,27,32)/t12-,16+/m1/s1. The molecule has 0 bridgehead atoms. The molecule has 0 saturated carbocycles. The lowest BCUT2D eigenvalue weighted by molar-refractivity contribution is -0.155. The molecule has 0 radical (unpaired) electrons.